The summed E-state index contributed by atoms with van der Waals surface area (Å²) in [4.78, 5) is 37.0. The summed E-state index contributed by atoms with van der Waals surface area (Å²) >= 11 is 2.16. The molecule has 0 heterocycles. The Morgan fingerprint density at radius 2 is 1.69 bits per heavy atom. The number of benzene rings is 2. The first kappa shape index (κ1) is 26.7. The lowest BCUT2D eigenvalue weighted by Crippen LogP contribution is -2.59. The molecule has 186 valence electrons. The molecule has 0 aromatic heterocycles. The number of aliphatic hydroxyl groups is 1. The second kappa shape index (κ2) is 9.98. The lowest BCUT2D eigenvalue weighted by atomic mass is 9.60. The van der Waals surface area contributed by atoms with Gasteiger partial charge in [0.15, 0.2) is 0 Å². The predicted molar refractivity (Wildman–Crippen MR) is 138 cm³/mol. The van der Waals surface area contributed by atoms with Gasteiger partial charge in [0.05, 0.1) is 8.99 Å². The minimum atomic E-state index is -2.05. The molecule has 0 bridgehead atoms. The molecule has 1 amide bonds. The number of halogens is 1. The third kappa shape index (κ3) is 4.79. The molecule has 1 aliphatic carbocycles. The second-order valence-electron chi connectivity index (χ2n) is 9.10. The monoisotopic (exact) mass is 593 g/mol. The number of carboxylic acids is 2. The number of aliphatic carboxylic acids is 2. The minimum Gasteiger partial charge on any atom is -0.481 e. The Bertz CT molecular complexity index is 1180. The molecule has 0 radical (unpaired) electrons. The number of carbonyl (C=O) groups excluding carboxylic acids is 1. The summed E-state index contributed by atoms with van der Waals surface area (Å²) < 4.78 is 6.78. The number of amides is 1. The standard InChI is InChI=1S/C26H28INO7/c1-4-25(3)24(2,23(32)33)13-14-26(25,34)22(31)28-19(21(29)30)15-16-9-11-17(12-10-16)35-20-8-6-5-7-18(20)27/h5-12,15,34H,4,13-14H2,1-3H3,(H,28,31)(H,29,30)(H,32,33)/b19-15+/t24-,25?,26+/m1/s1. The number of hydrogen-bond donors (Lipinski definition) is 4. The van der Waals surface area contributed by atoms with E-state index >= 15 is 0 Å². The molecule has 1 aliphatic rings. The second-order valence-corrected chi connectivity index (χ2v) is 10.3. The summed E-state index contributed by atoms with van der Waals surface area (Å²) in [6.07, 6.45) is 1.48. The summed E-state index contributed by atoms with van der Waals surface area (Å²) in [5.41, 5.74) is -4.63. The molecule has 35 heavy (non-hydrogen) atoms. The SMILES string of the molecule is CCC1(C)[C@@](C)(C(=O)O)CC[C@]1(O)C(=O)N/C(=C/c1ccc(Oc2ccccc2I)cc1)C(=O)O. The quantitative estimate of drug-likeness (QED) is 0.259. The van der Waals surface area contributed by atoms with Gasteiger partial charge in [0.25, 0.3) is 5.91 Å². The van der Waals surface area contributed by atoms with Crippen molar-refractivity contribution in [3.05, 3.63) is 63.4 Å². The van der Waals surface area contributed by atoms with Gasteiger partial charge >= 0.3 is 11.9 Å². The predicted octanol–water partition coefficient (Wildman–Crippen LogP) is 4.66. The van der Waals surface area contributed by atoms with Crippen LogP contribution in [-0.2, 0) is 14.4 Å². The number of hydrogen-bond acceptors (Lipinski definition) is 5. The van der Waals surface area contributed by atoms with Crippen LogP contribution in [0.3, 0.4) is 0 Å². The van der Waals surface area contributed by atoms with Crippen molar-refractivity contribution in [2.24, 2.45) is 10.8 Å². The number of carbonyl (C=O) groups is 3. The molecule has 3 atom stereocenters. The Balaban J connectivity index is 1.83. The van der Waals surface area contributed by atoms with E-state index in [2.05, 4.69) is 27.9 Å². The summed E-state index contributed by atoms with van der Waals surface area (Å²) in [5.74, 6) is -2.18. The fourth-order valence-corrected chi connectivity index (χ4v) is 5.16. The Morgan fingerprint density at radius 1 is 1.06 bits per heavy atom. The Kier molecular flexibility index (Phi) is 7.61. The first-order valence-electron chi connectivity index (χ1n) is 11.1. The van der Waals surface area contributed by atoms with Crippen molar-refractivity contribution in [1.82, 2.24) is 5.32 Å². The van der Waals surface area contributed by atoms with E-state index in [1.807, 2.05) is 24.3 Å². The highest BCUT2D eigenvalue weighted by Crippen LogP contribution is 2.60. The highest BCUT2D eigenvalue weighted by Gasteiger charge is 2.68. The van der Waals surface area contributed by atoms with Gasteiger partial charge in [-0.2, -0.15) is 0 Å². The smallest absolute Gasteiger partial charge is 0.352 e. The van der Waals surface area contributed by atoms with E-state index in [1.165, 1.54) is 13.0 Å². The fraction of sp³-hybridized carbons (Fsp3) is 0.346. The molecule has 9 heteroatoms. The summed E-state index contributed by atoms with van der Waals surface area (Å²) in [5, 5.41) is 33.1. The van der Waals surface area contributed by atoms with E-state index in [0.717, 1.165) is 3.57 Å². The molecule has 2 aromatic rings. The Hall–Kier alpha value is -2.92. The number of ether oxygens (including phenoxy) is 1. The summed E-state index contributed by atoms with van der Waals surface area (Å²) in [6.45, 7) is 4.78. The molecule has 1 fully saturated rings. The van der Waals surface area contributed by atoms with Crippen LogP contribution in [0, 0.1) is 14.4 Å². The third-order valence-electron chi connectivity index (χ3n) is 7.41. The molecule has 0 spiro atoms. The van der Waals surface area contributed by atoms with Crippen molar-refractivity contribution in [2.45, 2.75) is 45.6 Å². The van der Waals surface area contributed by atoms with Crippen molar-refractivity contribution < 1.29 is 34.4 Å². The maximum Gasteiger partial charge on any atom is 0.352 e. The minimum absolute atomic E-state index is 0.0878. The lowest BCUT2D eigenvalue weighted by Gasteiger charge is -2.44. The van der Waals surface area contributed by atoms with Crippen LogP contribution in [0.1, 0.15) is 45.6 Å². The van der Waals surface area contributed by atoms with Crippen molar-refractivity contribution in [2.75, 3.05) is 0 Å². The maximum absolute atomic E-state index is 13.2. The number of para-hydroxylation sites is 1. The van der Waals surface area contributed by atoms with Gasteiger partial charge in [0, 0.05) is 5.41 Å². The van der Waals surface area contributed by atoms with Crippen LogP contribution in [0.15, 0.2) is 54.2 Å². The Morgan fingerprint density at radius 3 is 2.23 bits per heavy atom. The van der Waals surface area contributed by atoms with E-state index < -0.39 is 40.0 Å². The number of rotatable bonds is 8. The molecule has 1 unspecified atom stereocenters. The molecule has 8 nitrogen and oxygen atoms in total. The van der Waals surface area contributed by atoms with Gasteiger partial charge in [-0.15, -0.1) is 0 Å². The van der Waals surface area contributed by atoms with Crippen LogP contribution in [0.4, 0.5) is 0 Å². The zero-order chi connectivity index (χ0) is 26.0. The van der Waals surface area contributed by atoms with Gasteiger partial charge in [-0.3, -0.25) is 9.59 Å². The van der Waals surface area contributed by atoms with Gasteiger partial charge in [0.2, 0.25) is 0 Å². The summed E-state index contributed by atoms with van der Waals surface area (Å²) in [6, 6.07) is 14.1. The van der Waals surface area contributed by atoms with Gasteiger partial charge in [-0.25, -0.2) is 4.79 Å². The third-order valence-corrected chi connectivity index (χ3v) is 8.30. The molecule has 1 saturated carbocycles. The van der Waals surface area contributed by atoms with E-state index in [1.54, 1.807) is 38.1 Å². The van der Waals surface area contributed by atoms with Crippen LogP contribution in [0.5, 0.6) is 11.5 Å². The summed E-state index contributed by atoms with van der Waals surface area (Å²) in [7, 11) is 0. The lowest BCUT2D eigenvalue weighted by molar-refractivity contribution is -0.171. The van der Waals surface area contributed by atoms with Crippen LogP contribution in [-0.4, -0.2) is 38.8 Å². The van der Waals surface area contributed by atoms with E-state index in [0.29, 0.717) is 17.1 Å². The van der Waals surface area contributed by atoms with Crippen molar-refractivity contribution in [3.8, 4) is 11.5 Å². The average molecular weight is 593 g/mol. The molecular weight excluding hydrogens is 565 g/mol. The first-order valence-corrected chi connectivity index (χ1v) is 12.2. The number of carboxylic acid groups (broad SMARTS) is 2. The Labute approximate surface area is 217 Å². The van der Waals surface area contributed by atoms with Crippen molar-refractivity contribution in [3.63, 3.8) is 0 Å². The highest BCUT2D eigenvalue weighted by molar-refractivity contribution is 14.1. The van der Waals surface area contributed by atoms with Gasteiger partial charge in [0.1, 0.15) is 22.8 Å². The molecular formula is C26H28INO7. The zero-order valence-electron chi connectivity index (χ0n) is 19.7. The molecule has 0 saturated heterocycles. The van der Waals surface area contributed by atoms with E-state index in [-0.39, 0.29) is 19.3 Å². The van der Waals surface area contributed by atoms with Gasteiger partial charge < -0.3 is 25.4 Å². The van der Waals surface area contributed by atoms with E-state index in [4.69, 9.17) is 4.74 Å². The van der Waals surface area contributed by atoms with Crippen LogP contribution >= 0.6 is 22.6 Å². The van der Waals surface area contributed by atoms with Crippen LogP contribution < -0.4 is 10.1 Å². The number of nitrogens with one attached hydrogen (secondary N) is 1. The largest absolute Gasteiger partial charge is 0.481 e. The van der Waals surface area contributed by atoms with Gasteiger partial charge in [-0.05, 0) is 84.7 Å². The first-order chi connectivity index (χ1) is 16.4. The maximum atomic E-state index is 13.2. The molecule has 4 N–H and O–H groups in total. The normalized spacial score (nSPS) is 26.3. The molecule has 3 rings (SSSR count). The topological polar surface area (TPSA) is 133 Å². The average Bonchev–Trinajstić information content (AvgIpc) is 3.04. The van der Waals surface area contributed by atoms with Crippen LogP contribution in [0.2, 0.25) is 0 Å². The van der Waals surface area contributed by atoms with Crippen LogP contribution in [0.25, 0.3) is 6.08 Å². The van der Waals surface area contributed by atoms with Crippen molar-refractivity contribution >= 4 is 46.5 Å². The molecule has 2 aromatic carbocycles. The van der Waals surface area contributed by atoms with Gasteiger partial charge in [-0.1, -0.05) is 38.1 Å². The highest BCUT2D eigenvalue weighted by atomic mass is 127. The zero-order valence-corrected chi connectivity index (χ0v) is 21.8. The fourth-order valence-electron chi connectivity index (χ4n) is 4.66. The van der Waals surface area contributed by atoms with Crippen molar-refractivity contribution in [1.29, 1.82) is 0 Å². The molecule has 0 aliphatic heterocycles. The van der Waals surface area contributed by atoms with E-state index in [9.17, 15) is 29.7 Å².